The Balaban J connectivity index is 1.38. The Hall–Kier alpha value is -3.58. The van der Waals surface area contributed by atoms with Crippen LogP contribution < -0.4 is 18.9 Å². The molecule has 0 bridgehead atoms. The van der Waals surface area contributed by atoms with Crippen LogP contribution in [0.15, 0.2) is 59.7 Å². The molecule has 0 atom stereocenters. The summed E-state index contributed by atoms with van der Waals surface area (Å²) in [6.45, 7) is 0.184. The number of benzene rings is 2. The Kier molecular flexibility index (Phi) is 3.87. The summed E-state index contributed by atoms with van der Waals surface area (Å²) in [5, 5.41) is 1.80. The van der Waals surface area contributed by atoms with Crippen LogP contribution in [0.5, 0.6) is 23.0 Å². The maximum Gasteiger partial charge on any atom is 0.353 e. The van der Waals surface area contributed by atoms with E-state index in [0.717, 1.165) is 5.56 Å². The Morgan fingerprint density at radius 3 is 2.79 bits per heavy atom. The highest BCUT2D eigenvalue weighted by molar-refractivity contribution is 7.12. The maximum absolute atomic E-state index is 12.6. The highest BCUT2D eigenvalue weighted by Gasteiger charge is 2.28. The molecule has 2 aliphatic heterocycles. The lowest BCUT2D eigenvalue weighted by Gasteiger charge is -2.04. The van der Waals surface area contributed by atoms with E-state index in [1.165, 1.54) is 11.3 Å². The summed E-state index contributed by atoms with van der Waals surface area (Å²) in [5.74, 6) is 1.47. The highest BCUT2D eigenvalue weighted by atomic mass is 32.1. The van der Waals surface area contributed by atoms with Crippen LogP contribution in [0, 0.1) is 0 Å². The third-order valence-electron chi connectivity index (χ3n) is 4.27. The number of hydrogen-bond acceptors (Lipinski definition) is 7. The largest absolute Gasteiger partial charge is 0.454 e. The zero-order chi connectivity index (χ0) is 19.1. The maximum atomic E-state index is 12.6. The number of allylic oxidation sites excluding steroid dienone is 1. The molecule has 2 aliphatic rings. The monoisotopic (exact) mass is 392 g/mol. The first-order valence-corrected chi connectivity index (χ1v) is 9.29. The minimum absolute atomic E-state index is 0.184. The number of fused-ring (bicyclic) bond motifs is 2. The van der Waals surface area contributed by atoms with Crippen LogP contribution in [0.4, 0.5) is 0 Å². The third kappa shape index (κ3) is 2.91. The lowest BCUT2D eigenvalue weighted by atomic mass is 10.1. The predicted molar refractivity (Wildman–Crippen MR) is 101 cm³/mol. The van der Waals surface area contributed by atoms with Gasteiger partial charge in [0.1, 0.15) is 16.4 Å². The SMILES string of the molecule is O=C(Oc1ccc2c(c1)O/C(=C\c1ccc3c(c1)OCO3)C2=O)c1cccs1. The van der Waals surface area contributed by atoms with Crippen LogP contribution in [0.1, 0.15) is 25.6 Å². The number of carbonyl (C=O) groups is 2. The number of esters is 1. The summed E-state index contributed by atoms with van der Waals surface area (Å²) in [4.78, 5) is 25.2. The standard InChI is InChI=1S/C21H12O6S/c22-20-14-5-4-13(26-21(23)19-2-1-7-28-19)10-16(14)27-18(20)9-12-3-6-15-17(8-12)25-11-24-15/h1-10H,11H2/b18-9-. The van der Waals surface area contributed by atoms with Crippen molar-refractivity contribution in [3.63, 3.8) is 0 Å². The average Bonchev–Trinajstić information content (AvgIpc) is 3.43. The molecule has 0 unspecified atom stereocenters. The van der Waals surface area contributed by atoms with Crippen molar-refractivity contribution in [2.45, 2.75) is 0 Å². The molecule has 0 amide bonds. The summed E-state index contributed by atoms with van der Waals surface area (Å²) in [6, 6.07) is 13.6. The molecule has 7 heteroatoms. The van der Waals surface area contributed by atoms with Crippen LogP contribution in [0.25, 0.3) is 6.08 Å². The number of ether oxygens (including phenoxy) is 4. The molecular weight excluding hydrogens is 380 g/mol. The van der Waals surface area contributed by atoms with Gasteiger partial charge in [-0.05, 0) is 47.4 Å². The van der Waals surface area contributed by atoms with Gasteiger partial charge in [0.05, 0.1) is 5.56 Å². The minimum Gasteiger partial charge on any atom is -0.454 e. The van der Waals surface area contributed by atoms with E-state index in [1.54, 1.807) is 53.9 Å². The van der Waals surface area contributed by atoms with E-state index in [2.05, 4.69) is 0 Å². The fourth-order valence-corrected chi connectivity index (χ4v) is 3.54. The molecule has 1 aromatic heterocycles. The molecule has 0 N–H and O–H groups in total. The Morgan fingerprint density at radius 2 is 1.93 bits per heavy atom. The van der Waals surface area contributed by atoms with Gasteiger partial charge in [0.15, 0.2) is 17.3 Å². The molecule has 2 aromatic carbocycles. The lowest BCUT2D eigenvalue weighted by Crippen LogP contribution is -2.06. The van der Waals surface area contributed by atoms with Crippen molar-refractivity contribution in [3.05, 3.63) is 75.7 Å². The normalized spacial score (nSPS) is 15.4. The van der Waals surface area contributed by atoms with E-state index < -0.39 is 5.97 Å². The molecule has 3 heterocycles. The van der Waals surface area contributed by atoms with E-state index in [9.17, 15) is 9.59 Å². The molecule has 0 saturated heterocycles. The van der Waals surface area contributed by atoms with Gasteiger partial charge in [0, 0.05) is 6.07 Å². The average molecular weight is 392 g/mol. The summed E-state index contributed by atoms with van der Waals surface area (Å²) in [7, 11) is 0. The highest BCUT2D eigenvalue weighted by Crippen LogP contribution is 2.37. The number of hydrogen-bond donors (Lipinski definition) is 0. The molecule has 0 radical (unpaired) electrons. The molecular formula is C21H12O6S. The molecule has 0 aliphatic carbocycles. The van der Waals surface area contributed by atoms with Crippen LogP contribution >= 0.6 is 11.3 Å². The number of Topliss-reactive ketones (excluding diaryl/α,β-unsaturated/α-hetero) is 1. The quantitative estimate of drug-likeness (QED) is 0.376. The summed E-state index contributed by atoms with van der Waals surface area (Å²) in [5.41, 5.74) is 1.17. The van der Waals surface area contributed by atoms with Gasteiger partial charge in [-0.3, -0.25) is 4.79 Å². The van der Waals surface area contributed by atoms with E-state index in [1.807, 2.05) is 6.07 Å². The van der Waals surface area contributed by atoms with Crippen molar-refractivity contribution in [3.8, 4) is 23.0 Å². The van der Waals surface area contributed by atoms with Gasteiger partial charge < -0.3 is 18.9 Å². The smallest absolute Gasteiger partial charge is 0.353 e. The first-order chi connectivity index (χ1) is 13.7. The van der Waals surface area contributed by atoms with E-state index in [4.69, 9.17) is 18.9 Å². The van der Waals surface area contributed by atoms with Crippen molar-refractivity contribution in [2.24, 2.45) is 0 Å². The molecule has 5 rings (SSSR count). The third-order valence-corrected chi connectivity index (χ3v) is 5.12. The van der Waals surface area contributed by atoms with E-state index in [0.29, 0.717) is 33.4 Å². The van der Waals surface area contributed by atoms with E-state index >= 15 is 0 Å². The second-order valence-electron chi connectivity index (χ2n) is 6.08. The van der Waals surface area contributed by atoms with Gasteiger partial charge in [-0.2, -0.15) is 0 Å². The Morgan fingerprint density at radius 1 is 1.04 bits per heavy atom. The van der Waals surface area contributed by atoms with Crippen LogP contribution in [0.2, 0.25) is 0 Å². The van der Waals surface area contributed by atoms with Crippen molar-refractivity contribution >= 4 is 29.2 Å². The van der Waals surface area contributed by atoms with Crippen molar-refractivity contribution < 1.29 is 28.5 Å². The van der Waals surface area contributed by atoms with Crippen LogP contribution in [-0.2, 0) is 0 Å². The zero-order valence-electron chi connectivity index (χ0n) is 14.3. The van der Waals surface area contributed by atoms with Gasteiger partial charge in [0.2, 0.25) is 12.6 Å². The fourth-order valence-electron chi connectivity index (χ4n) is 2.94. The van der Waals surface area contributed by atoms with Crippen LogP contribution in [-0.4, -0.2) is 18.5 Å². The summed E-state index contributed by atoms with van der Waals surface area (Å²) in [6.07, 6.45) is 1.64. The first kappa shape index (κ1) is 16.6. The second-order valence-corrected chi connectivity index (χ2v) is 7.02. The Labute approximate surface area is 163 Å². The number of thiophene rings is 1. The summed E-state index contributed by atoms with van der Waals surface area (Å²) < 4.78 is 21.7. The van der Waals surface area contributed by atoms with Gasteiger partial charge >= 0.3 is 5.97 Å². The molecule has 6 nitrogen and oxygen atoms in total. The molecule has 0 fully saturated rings. The van der Waals surface area contributed by atoms with E-state index in [-0.39, 0.29) is 18.3 Å². The van der Waals surface area contributed by atoms with Crippen molar-refractivity contribution in [1.29, 1.82) is 0 Å². The van der Waals surface area contributed by atoms with Crippen molar-refractivity contribution in [2.75, 3.05) is 6.79 Å². The Bertz CT molecular complexity index is 1130. The number of carbonyl (C=O) groups excluding carboxylic acids is 2. The van der Waals surface area contributed by atoms with Crippen molar-refractivity contribution in [1.82, 2.24) is 0 Å². The fraction of sp³-hybridized carbons (Fsp3) is 0.0476. The number of rotatable bonds is 3. The van der Waals surface area contributed by atoms with Gasteiger partial charge in [-0.15, -0.1) is 11.3 Å². The molecule has 0 saturated carbocycles. The van der Waals surface area contributed by atoms with Gasteiger partial charge in [0.25, 0.3) is 0 Å². The molecule has 138 valence electrons. The molecule has 0 spiro atoms. The molecule has 28 heavy (non-hydrogen) atoms. The van der Waals surface area contributed by atoms with Crippen LogP contribution in [0.3, 0.4) is 0 Å². The number of ketones is 1. The topological polar surface area (TPSA) is 71.1 Å². The zero-order valence-corrected chi connectivity index (χ0v) is 15.2. The molecule has 3 aromatic rings. The summed E-state index contributed by atoms with van der Waals surface area (Å²) >= 11 is 1.30. The minimum atomic E-state index is -0.449. The lowest BCUT2D eigenvalue weighted by molar-refractivity contribution is 0.0739. The van der Waals surface area contributed by atoms with Gasteiger partial charge in [-0.25, -0.2) is 4.79 Å². The second kappa shape index (κ2) is 6.54. The van der Waals surface area contributed by atoms with Gasteiger partial charge in [-0.1, -0.05) is 12.1 Å². The first-order valence-electron chi connectivity index (χ1n) is 8.41. The predicted octanol–water partition coefficient (Wildman–Crippen LogP) is 4.31.